The summed E-state index contributed by atoms with van der Waals surface area (Å²) >= 11 is 1.61. The number of aliphatic hydroxyl groups is 1. The van der Waals surface area contributed by atoms with Gasteiger partial charge in [-0.25, -0.2) is 4.39 Å². The molecule has 3 nitrogen and oxygen atoms in total. The van der Waals surface area contributed by atoms with Crippen LogP contribution in [0.4, 0.5) is 4.39 Å². The number of benzene rings is 1. The summed E-state index contributed by atoms with van der Waals surface area (Å²) in [5.74, 6) is -0.299. The molecule has 2 aliphatic rings. The fraction of sp³-hybridized carbons (Fsp3) is 0.421. The van der Waals surface area contributed by atoms with E-state index in [-0.39, 0.29) is 24.3 Å². The number of aliphatic hydroxyl groups excluding tert-OH is 1. The van der Waals surface area contributed by atoms with Crippen molar-refractivity contribution in [3.05, 3.63) is 57.0 Å². The summed E-state index contributed by atoms with van der Waals surface area (Å²) in [5.41, 5.74) is 1.96. The first-order valence-electron chi connectivity index (χ1n) is 8.48. The molecule has 24 heavy (non-hydrogen) atoms. The molecule has 4 rings (SSSR count). The zero-order chi connectivity index (χ0) is 16.7. The second kappa shape index (κ2) is 6.30. The van der Waals surface area contributed by atoms with Crippen molar-refractivity contribution in [2.24, 2.45) is 0 Å². The fourth-order valence-corrected chi connectivity index (χ4v) is 4.55. The zero-order valence-corrected chi connectivity index (χ0v) is 14.2. The molecule has 0 radical (unpaired) electrons. The van der Waals surface area contributed by atoms with Gasteiger partial charge in [-0.2, -0.15) is 0 Å². The molecule has 1 saturated carbocycles. The minimum atomic E-state index is -0.790. The van der Waals surface area contributed by atoms with E-state index >= 15 is 0 Å². The highest BCUT2D eigenvalue weighted by Gasteiger charge is 2.35. The molecule has 1 unspecified atom stereocenters. The summed E-state index contributed by atoms with van der Waals surface area (Å²) in [7, 11) is 0. The third-order valence-corrected chi connectivity index (χ3v) is 6.06. The molecule has 0 aliphatic heterocycles. The second-order valence-corrected chi connectivity index (χ2v) is 7.81. The Balaban J connectivity index is 1.51. The predicted octanol–water partition coefficient (Wildman–Crippen LogP) is 3.71. The van der Waals surface area contributed by atoms with E-state index < -0.39 is 6.10 Å². The molecule has 1 N–H and O–H groups in total. The molecule has 2 aliphatic carbocycles. The third-order valence-electron chi connectivity index (χ3n) is 4.83. The van der Waals surface area contributed by atoms with Crippen molar-refractivity contribution in [2.75, 3.05) is 6.54 Å². The minimum absolute atomic E-state index is 0.0260. The second-order valence-electron chi connectivity index (χ2n) is 6.67. The standard InChI is InChI=1S/C19H20FNO2S/c20-14-6-4-12(5-7-14)16(22)11-21(15-8-9-15)19(23)18-10-13-2-1-3-17(13)24-18/h4-7,10,15-16,22H,1-3,8-9,11H2. The Kier molecular flexibility index (Phi) is 4.14. The molecule has 1 aromatic heterocycles. The molecule has 126 valence electrons. The number of hydrogen-bond donors (Lipinski definition) is 1. The summed E-state index contributed by atoms with van der Waals surface area (Å²) in [6.07, 6.45) is 4.53. The first-order chi connectivity index (χ1) is 11.6. The van der Waals surface area contributed by atoms with E-state index in [1.807, 2.05) is 6.07 Å². The number of halogens is 1. The van der Waals surface area contributed by atoms with Crippen LogP contribution in [0.5, 0.6) is 0 Å². The number of aryl methyl sites for hydroxylation is 2. The molecule has 1 atom stereocenters. The van der Waals surface area contributed by atoms with Crippen molar-refractivity contribution >= 4 is 17.2 Å². The maximum Gasteiger partial charge on any atom is 0.264 e. The highest BCUT2D eigenvalue weighted by Crippen LogP contribution is 2.35. The van der Waals surface area contributed by atoms with Crippen LogP contribution < -0.4 is 0 Å². The number of amides is 1. The number of thiophene rings is 1. The zero-order valence-electron chi connectivity index (χ0n) is 13.4. The van der Waals surface area contributed by atoms with Gasteiger partial charge in [0.15, 0.2) is 0 Å². The van der Waals surface area contributed by atoms with Crippen molar-refractivity contribution in [2.45, 2.75) is 44.2 Å². The average molecular weight is 345 g/mol. The van der Waals surface area contributed by atoms with E-state index in [9.17, 15) is 14.3 Å². The molecule has 1 heterocycles. The topological polar surface area (TPSA) is 40.5 Å². The van der Waals surface area contributed by atoms with Crippen LogP contribution in [0, 0.1) is 5.82 Å². The molecule has 1 aromatic carbocycles. The fourth-order valence-electron chi connectivity index (χ4n) is 3.34. The van der Waals surface area contributed by atoms with Crippen molar-refractivity contribution in [3.63, 3.8) is 0 Å². The first-order valence-corrected chi connectivity index (χ1v) is 9.29. The first kappa shape index (κ1) is 15.8. The van der Waals surface area contributed by atoms with Gasteiger partial charge in [-0.1, -0.05) is 12.1 Å². The Hall–Kier alpha value is -1.72. The summed E-state index contributed by atoms with van der Waals surface area (Å²) in [4.78, 5) is 16.8. The average Bonchev–Trinajstić information content (AvgIpc) is 3.18. The smallest absolute Gasteiger partial charge is 0.264 e. The number of carbonyl (C=O) groups excluding carboxylic acids is 1. The van der Waals surface area contributed by atoms with E-state index in [0.29, 0.717) is 5.56 Å². The number of hydrogen-bond acceptors (Lipinski definition) is 3. The SMILES string of the molecule is O=C(c1cc2c(s1)CCC2)N(CC(O)c1ccc(F)cc1)C1CC1. The quantitative estimate of drug-likeness (QED) is 0.897. The normalized spacial score (nSPS) is 17.6. The molecule has 1 fully saturated rings. The predicted molar refractivity (Wildman–Crippen MR) is 91.8 cm³/mol. The van der Waals surface area contributed by atoms with Gasteiger partial charge in [0.1, 0.15) is 5.82 Å². The minimum Gasteiger partial charge on any atom is -0.387 e. The lowest BCUT2D eigenvalue weighted by Gasteiger charge is -2.25. The van der Waals surface area contributed by atoms with E-state index in [1.54, 1.807) is 28.4 Å². The number of nitrogens with zero attached hydrogens (tertiary/aromatic N) is 1. The van der Waals surface area contributed by atoms with Crippen LogP contribution in [0.25, 0.3) is 0 Å². The Morgan fingerprint density at radius 3 is 2.71 bits per heavy atom. The van der Waals surface area contributed by atoms with Crippen LogP contribution >= 0.6 is 11.3 Å². The molecule has 1 amide bonds. The third kappa shape index (κ3) is 3.10. The summed E-state index contributed by atoms with van der Waals surface area (Å²) in [6, 6.07) is 8.10. The maximum atomic E-state index is 13.0. The van der Waals surface area contributed by atoms with Gasteiger partial charge < -0.3 is 10.0 Å². The number of carbonyl (C=O) groups is 1. The van der Waals surface area contributed by atoms with Crippen molar-refractivity contribution in [1.29, 1.82) is 0 Å². The van der Waals surface area contributed by atoms with Crippen molar-refractivity contribution < 1.29 is 14.3 Å². The molecular weight excluding hydrogens is 325 g/mol. The van der Waals surface area contributed by atoms with Gasteiger partial charge in [0.25, 0.3) is 5.91 Å². The Labute approximate surface area is 144 Å². The van der Waals surface area contributed by atoms with Gasteiger partial charge in [-0.05, 0) is 61.4 Å². The maximum absolute atomic E-state index is 13.0. The molecule has 0 saturated heterocycles. The van der Waals surface area contributed by atoms with Gasteiger partial charge in [-0.3, -0.25) is 4.79 Å². The van der Waals surface area contributed by atoms with Crippen LogP contribution in [0.1, 0.15) is 51.0 Å². The molecule has 0 spiro atoms. The molecule has 2 aromatic rings. The van der Waals surface area contributed by atoms with Crippen molar-refractivity contribution in [1.82, 2.24) is 4.90 Å². The van der Waals surface area contributed by atoms with Gasteiger partial charge >= 0.3 is 0 Å². The molecule has 5 heteroatoms. The van der Waals surface area contributed by atoms with E-state index in [0.717, 1.165) is 30.6 Å². The van der Waals surface area contributed by atoms with E-state index in [2.05, 4.69) is 0 Å². The summed E-state index contributed by atoms with van der Waals surface area (Å²) in [6.45, 7) is 0.262. The Bertz CT molecular complexity index is 730. The summed E-state index contributed by atoms with van der Waals surface area (Å²) in [5, 5.41) is 10.5. The van der Waals surface area contributed by atoms with Gasteiger partial charge in [0.2, 0.25) is 0 Å². The van der Waals surface area contributed by atoms with Crippen molar-refractivity contribution in [3.8, 4) is 0 Å². The lowest BCUT2D eigenvalue weighted by Crippen LogP contribution is -2.36. The molecule has 0 bridgehead atoms. The van der Waals surface area contributed by atoms with Crippen LogP contribution in [-0.2, 0) is 12.8 Å². The van der Waals surface area contributed by atoms with Gasteiger partial charge in [0.05, 0.1) is 17.5 Å². The highest BCUT2D eigenvalue weighted by molar-refractivity contribution is 7.14. The van der Waals surface area contributed by atoms with Crippen LogP contribution in [0.15, 0.2) is 30.3 Å². The van der Waals surface area contributed by atoms with Gasteiger partial charge in [-0.15, -0.1) is 11.3 Å². The van der Waals surface area contributed by atoms with E-state index in [4.69, 9.17) is 0 Å². The monoisotopic (exact) mass is 345 g/mol. The number of rotatable bonds is 5. The lowest BCUT2D eigenvalue weighted by molar-refractivity contribution is 0.0607. The highest BCUT2D eigenvalue weighted by atomic mass is 32.1. The number of fused-ring (bicyclic) bond motifs is 1. The van der Waals surface area contributed by atoms with Gasteiger partial charge in [0, 0.05) is 10.9 Å². The Morgan fingerprint density at radius 2 is 2.04 bits per heavy atom. The van der Waals surface area contributed by atoms with Crippen LogP contribution in [0.3, 0.4) is 0 Å². The Morgan fingerprint density at radius 1 is 1.29 bits per heavy atom. The summed E-state index contributed by atoms with van der Waals surface area (Å²) < 4.78 is 13.0. The largest absolute Gasteiger partial charge is 0.387 e. The lowest BCUT2D eigenvalue weighted by atomic mass is 10.1. The molecular formula is C19H20FNO2S. The van der Waals surface area contributed by atoms with E-state index in [1.165, 1.54) is 29.0 Å². The van der Waals surface area contributed by atoms with Crippen LogP contribution in [0.2, 0.25) is 0 Å². The van der Waals surface area contributed by atoms with Crippen LogP contribution in [-0.4, -0.2) is 28.5 Å².